The number of aromatic nitrogens is 1. The molecule has 2 aromatic rings. The molecule has 0 radical (unpaired) electrons. The molecule has 20 heavy (non-hydrogen) atoms. The van der Waals surface area contributed by atoms with Crippen LogP contribution in [0.25, 0.3) is 0 Å². The first-order chi connectivity index (χ1) is 9.49. The summed E-state index contributed by atoms with van der Waals surface area (Å²) < 4.78 is 27.2. The Morgan fingerprint density at radius 1 is 1.25 bits per heavy atom. The number of pyridine rings is 1. The monoisotopic (exact) mass is 278 g/mol. The normalized spacial score (nSPS) is 10.3. The topological polar surface area (TPSA) is 62.2 Å². The van der Waals surface area contributed by atoms with Crippen LogP contribution in [0.5, 0.6) is 0 Å². The van der Waals surface area contributed by atoms with Gasteiger partial charge in [-0.05, 0) is 30.7 Å². The van der Waals surface area contributed by atoms with Crippen LogP contribution < -0.4 is 5.32 Å². The van der Waals surface area contributed by atoms with Gasteiger partial charge in [-0.15, -0.1) is 0 Å². The maximum Gasteiger partial charge on any atom is 0.338 e. The van der Waals surface area contributed by atoms with Crippen molar-refractivity contribution in [2.24, 2.45) is 0 Å². The smallest absolute Gasteiger partial charge is 0.338 e. The van der Waals surface area contributed by atoms with E-state index in [2.05, 4.69) is 10.3 Å². The fourth-order valence-corrected chi connectivity index (χ4v) is 1.65. The summed E-state index contributed by atoms with van der Waals surface area (Å²) in [7, 11) is 0. The highest BCUT2D eigenvalue weighted by molar-refractivity contribution is 5.88. The maximum atomic E-state index is 13.7. The van der Waals surface area contributed by atoms with Crippen molar-refractivity contribution in [1.82, 2.24) is 4.98 Å². The highest BCUT2D eigenvalue weighted by atomic mass is 19.2. The molecule has 0 fully saturated rings. The lowest BCUT2D eigenvalue weighted by atomic mass is 10.1. The Labute approximate surface area is 114 Å². The summed E-state index contributed by atoms with van der Waals surface area (Å²) >= 11 is 0. The number of halogens is 2. The number of carboxylic acid groups (broad SMARTS) is 1. The van der Waals surface area contributed by atoms with Crippen LogP contribution in [0.2, 0.25) is 0 Å². The van der Waals surface area contributed by atoms with E-state index < -0.39 is 23.2 Å². The molecule has 0 amide bonds. The molecule has 1 aromatic carbocycles. The SMILES string of the molecule is Cc1ccc(CNc2ccc(C(=O)O)c(F)c2F)cn1. The van der Waals surface area contributed by atoms with Crippen LogP contribution in [0.1, 0.15) is 21.6 Å². The van der Waals surface area contributed by atoms with Crippen molar-refractivity contribution in [2.75, 3.05) is 5.32 Å². The Morgan fingerprint density at radius 2 is 2.00 bits per heavy atom. The van der Waals surface area contributed by atoms with E-state index in [-0.39, 0.29) is 12.2 Å². The number of nitrogens with one attached hydrogen (secondary N) is 1. The Kier molecular flexibility index (Phi) is 3.93. The third-order valence-electron chi connectivity index (χ3n) is 2.77. The van der Waals surface area contributed by atoms with Gasteiger partial charge in [-0.1, -0.05) is 6.07 Å². The van der Waals surface area contributed by atoms with Crippen LogP contribution >= 0.6 is 0 Å². The van der Waals surface area contributed by atoms with Gasteiger partial charge in [0.1, 0.15) is 0 Å². The molecule has 4 nitrogen and oxygen atoms in total. The molecule has 1 heterocycles. The molecule has 0 aliphatic rings. The van der Waals surface area contributed by atoms with E-state index in [4.69, 9.17) is 5.11 Å². The summed E-state index contributed by atoms with van der Waals surface area (Å²) in [6, 6.07) is 5.84. The summed E-state index contributed by atoms with van der Waals surface area (Å²) in [6.45, 7) is 2.10. The number of aromatic carboxylic acids is 1. The third-order valence-corrected chi connectivity index (χ3v) is 2.77. The van der Waals surface area contributed by atoms with Gasteiger partial charge in [0.05, 0.1) is 11.3 Å². The van der Waals surface area contributed by atoms with Crippen LogP contribution in [0.3, 0.4) is 0 Å². The number of anilines is 1. The highest BCUT2D eigenvalue weighted by Crippen LogP contribution is 2.21. The summed E-state index contributed by atoms with van der Waals surface area (Å²) in [4.78, 5) is 14.7. The fourth-order valence-electron chi connectivity index (χ4n) is 1.65. The zero-order chi connectivity index (χ0) is 14.7. The Hall–Kier alpha value is -2.50. The van der Waals surface area contributed by atoms with Gasteiger partial charge in [0.25, 0.3) is 0 Å². The minimum atomic E-state index is -1.50. The quantitative estimate of drug-likeness (QED) is 0.902. The molecule has 2 rings (SSSR count). The second kappa shape index (κ2) is 5.64. The Morgan fingerprint density at radius 3 is 2.60 bits per heavy atom. The van der Waals surface area contributed by atoms with Crippen LogP contribution in [-0.2, 0) is 6.54 Å². The minimum Gasteiger partial charge on any atom is -0.478 e. The van der Waals surface area contributed by atoms with Gasteiger partial charge >= 0.3 is 5.97 Å². The highest BCUT2D eigenvalue weighted by Gasteiger charge is 2.17. The third kappa shape index (κ3) is 2.90. The molecule has 1 aromatic heterocycles. The fraction of sp³-hybridized carbons (Fsp3) is 0.143. The van der Waals surface area contributed by atoms with Gasteiger partial charge in [-0.25, -0.2) is 13.6 Å². The zero-order valence-electron chi connectivity index (χ0n) is 10.7. The first-order valence-corrected chi connectivity index (χ1v) is 5.85. The summed E-state index contributed by atoms with van der Waals surface area (Å²) in [5, 5.41) is 11.4. The summed E-state index contributed by atoms with van der Waals surface area (Å²) in [6.07, 6.45) is 1.63. The van der Waals surface area contributed by atoms with Crippen molar-refractivity contribution in [1.29, 1.82) is 0 Å². The number of hydrogen-bond acceptors (Lipinski definition) is 3. The van der Waals surface area contributed by atoms with Crippen LogP contribution in [0.15, 0.2) is 30.5 Å². The van der Waals surface area contributed by atoms with E-state index in [1.165, 1.54) is 6.07 Å². The number of rotatable bonds is 4. The van der Waals surface area contributed by atoms with Gasteiger partial charge < -0.3 is 10.4 Å². The predicted molar refractivity (Wildman–Crippen MR) is 69.6 cm³/mol. The molecule has 0 spiro atoms. The summed E-state index contributed by atoms with van der Waals surface area (Å²) in [5.74, 6) is -4.08. The van der Waals surface area contributed by atoms with Crippen molar-refractivity contribution in [3.63, 3.8) is 0 Å². The lowest BCUT2D eigenvalue weighted by Gasteiger charge is -2.09. The van der Waals surface area contributed by atoms with E-state index in [0.29, 0.717) is 0 Å². The molecule has 0 aliphatic carbocycles. The molecule has 0 aliphatic heterocycles. The lowest BCUT2D eigenvalue weighted by Crippen LogP contribution is -2.07. The van der Waals surface area contributed by atoms with Crippen molar-refractivity contribution >= 4 is 11.7 Å². The van der Waals surface area contributed by atoms with Gasteiger partial charge in [0, 0.05) is 18.4 Å². The molecular formula is C14H12F2N2O2. The molecule has 2 N–H and O–H groups in total. The molecular weight excluding hydrogens is 266 g/mol. The van der Waals surface area contributed by atoms with E-state index in [1.807, 2.05) is 19.1 Å². The number of aryl methyl sites for hydroxylation is 1. The van der Waals surface area contributed by atoms with Gasteiger partial charge in [0.15, 0.2) is 11.6 Å². The standard InChI is InChI=1S/C14H12F2N2O2/c1-8-2-3-9(6-17-8)7-18-11-5-4-10(14(19)20)12(15)13(11)16/h2-6,18H,7H2,1H3,(H,19,20). The average Bonchev–Trinajstić information content (AvgIpc) is 2.42. The van der Waals surface area contributed by atoms with E-state index in [1.54, 1.807) is 6.20 Å². The Balaban J connectivity index is 2.16. The second-order valence-corrected chi connectivity index (χ2v) is 4.26. The van der Waals surface area contributed by atoms with Crippen LogP contribution in [-0.4, -0.2) is 16.1 Å². The van der Waals surface area contributed by atoms with E-state index in [0.717, 1.165) is 17.3 Å². The first-order valence-electron chi connectivity index (χ1n) is 5.85. The minimum absolute atomic E-state index is 0.0897. The maximum absolute atomic E-state index is 13.7. The molecule has 104 valence electrons. The molecule has 0 bridgehead atoms. The molecule has 0 atom stereocenters. The second-order valence-electron chi connectivity index (χ2n) is 4.26. The van der Waals surface area contributed by atoms with Gasteiger partial charge in [0.2, 0.25) is 0 Å². The number of carboxylic acids is 1. The number of carbonyl (C=O) groups is 1. The predicted octanol–water partition coefficient (Wildman–Crippen LogP) is 2.98. The number of nitrogens with zero attached hydrogens (tertiary/aromatic N) is 1. The van der Waals surface area contributed by atoms with Crippen molar-refractivity contribution in [2.45, 2.75) is 13.5 Å². The van der Waals surface area contributed by atoms with Crippen molar-refractivity contribution < 1.29 is 18.7 Å². The Bertz CT molecular complexity index is 642. The largest absolute Gasteiger partial charge is 0.478 e. The molecule has 0 saturated heterocycles. The molecule has 6 heteroatoms. The van der Waals surface area contributed by atoms with Gasteiger partial charge in [-0.3, -0.25) is 4.98 Å². The average molecular weight is 278 g/mol. The zero-order valence-corrected chi connectivity index (χ0v) is 10.7. The first kappa shape index (κ1) is 13.9. The van der Waals surface area contributed by atoms with E-state index in [9.17, 15) is 13.6 Å². The molecule has 0 unspecified atom stereocenters. The lowest BCUT2D eigenvalue weighted by molar-refractivity contribution is 0.0690. The molecule has 0 saturated carbocycles. The van der Waals surface area contributed by atoms with E-state index >= 15 is 0 Å². The van der Waals surface area contributed by atoms with Crippen LogP contribution in [0, 0.1) is 18.6 Å². The van der Waals surface area contributed by atoms with Crippen molar-refractivity contribution in [3.05, 3.63) is 58.9 Å². The summed E-state index contributed by atoms with van der Waals surface area (Å²) in [5.41, 5.74) is 0.882. The van der Waals surface area contributed by atoms with Gasteiger partial charge in [-0.2, -0.15) is 0 Å². The number of hydrogen-bond donors (Lipinski definition) is 2. The van der Waals surface area contributed by atoms with Crippen molar-refractivity contribution in [3.8, 4) is 0 Å². The van der Waals surface area contributed by atoms with Crippen LogP contribution in [0.4, 0.5) is 14.5 Å². The number of benzene rings is 1.